The first-order valence-corrected chi connectivity index (χ1v) is 5.30. The first-order chi connectivity index (χ1) is 7.59. The molecular weight excluding hydrogens is 204 g/mol. The van der Waals surface area contributed by atoms with Gasteiger partial charge in [-0.05, 0) is 31.4 Å². The van der Waals surface area contributed by atoms with Gasteiger partial charge in [-0.2, -0.15) is 0 Å². The molecule has 1 saturated carbocycles. The fourth-order valence-electron chi connectivity index (χ4n) is 1.61. The van der Waals surface area contributed by atoms with Crippen molar-refractivity contribution in [2.24, 2.45) is 11.7 Å². The van der Waals surface area contributed by atoms with Crippen molar-refractivity contribution in [1.29, 1.82) is 0 Å². The number of primary amides is 1. The first kappa shape index (κ1) is 10.7. The third kappa shape index (κ3) is 2.05. The average Bonchev–Trinajstić information content (AvgIpc) is 3.03. The van der Waals surface area contributed by atoms with E-state index >= 15 is 0 Å². The van der Waals surface area contributed by atoms with E-state index < -0.39 is 5.91 Å². The summed E-state index contributed by atoms with van der Waals surface area (Å²) in [6.45, 7) is 1.84. The van der Waals surface area contributed by atoms with Crippen LogP contribution < -0.4 is 11.1 Å². The van der Waals surface area contributed by atoms with Crippen molar-refractivity contribution in [3.05, 3.63) is 29.3 Å². The van der Waals surface area contributed by atoms with Crippen LogP contribution in [0, 0.1) is 12.8 Å². The SMILES string of the molecule is Cc1cccc(C(N)=O)c1NC(=O)C1CC1. The van der Waals surface area contributed by atoms with E-state index in [1.165, 1.54) is 0 Å². The molecule has 0 aliphatic heterocycles. The van der Waals surface area contributed by atoms with Gasteiger partial charge in [-0.25, -0.2) is 0 Å². The molecule has 2 rings (SSSR count). The highest BCUT2D eigenvalue weighted by Crippen LogP contribution is 2.31. The van der Waals surface area contributed by atoms with Crippen LogP contribution in [-0.2, 0) is 4.79 Å². The predicted octanol–water partition coefficient (Wildman–Crippen LogP) is 1.44. The summed E-state index contributed by atoms with van der Waals surface area (Å²) in [4.78, 5) is 22.9. The second-order valence-electron chi connectivity index (χ2n) is 4.13. The van der Waals surface area contributed by atoms with Crippen LogP contribution in [0.5, 0.6) is 0 Å². The van der Waals surface area contributed by atoms with Crippen molar-refractivity contribution >= 4 is 17.5 Å². The van der Waals surface area contributed by atoms with Crippen LogP contribution in [0.3, 0.4) is 0 Å². The number of para-hydroxylation sites is 1. The second-order valence-corrected chi connectivity index (χ2v) is 4.13. The third-order valence-corrected chi connectivity index (χ3v) is 2.73. The standard InChI is InChI=1S/C12H14N2O2/c1-7-3-2-4-9(11(13)15)10(7)14-12(16)8-5-6-8/h2-4,8H,5-6H2,1H3,(H2,13,15)(H,14,16). The van der Waals surface area contributed by atoms with Gasteiger partial charge in [0.1, 0.15) is 0 Å². The summed E-state index contributed by atoms with van der Waals surface area (Å²) in [5.41, 5.74) is 7.03. The summed E-state index contributed by atoms with van der Waals surface area (Å²) in [6, 6.07) is 5.22. The van der Waals surface area contributed by atoms with Gasteiger partial charge in [0.15, 0.2) is 0 Å². The molecule has 0 heterocycles. The molecule has 84 valence electrons. The molecule has 0 unspecified atom stereocenters. The number of carbonyl (C=O) groups is 2. The van der Waals surface area contributed by atoms with Crippen LogP contribution in [0.15, 0.2) is 18.2 Å². The molecule has 0 saturated heterocycles. The summed E-state index contributed by atoms with van der Waals surface area (Å²) in [6.07, 6.45) is 1.87. The molecule has 1 fully saturated rings. The van der Waals surface area contributed by atoms with E-state index in [0.29, 0.717) is 11.3 Å². The number of nitrogens with two attached hydrogens (primary N) is 1. The number of carbonyl (C=O) groups excluding carboxylic acids is 2. The lowest BCUT2D eigenvalue weighted by molar-refractivity contribution is -0.117. The fraction of sp³-hybridized carbons (Fsp3) is 0.333. The molecule has 4 nitrogen and oxygen atoms in total. The molecule has 0 bridgehead atoms. The zero-order valence-electron chi connectivity index (χ0n) is 9.12. The Bertz CT molecular complexity index is 450. The highest BCUT2D eigenvalue weighted by Gasteiger charge is 2.30. The number of aryl methyl sites for hydroxylation is 1. The number of benzene rings is 1. The van der Waals surface area contributed by atoms with Gasteiger partial charge in [0.05, 0.1) is 11.3 Å². The van der Waals surface area contributed by atoms with Crippen molar-refractivity contribution in [2.75, 3.05) is 5.32 Å². The second kappa shape index (κ2) is 3.96. The third-order valence-electron chi connectivity index (χ3n) is 2.73. The highest BCUT2D eigenvalue weighted by atomic mass is 16.2. The lowest BCUT2D eigenvalue weighted by Crippen LogP contribution is -2.20. The molecule has 0 aromatic heterocycles. The van der Waals surface area contributed by atoms with E-state index in [4.69, 9.17) is 5.73 Å². The molecule has 0 spiro atoms. The minimum atomic E-state index is -0.519. The molecule has 1 aliphatic carbocycles. The van der Waals surface area contributed by atoms with Crippen LogP contribution in [0.2, 0.25) is 0 Å². The molecule has 1 aromatic rings. The summed E-state index contributed by atoms with van der Waals surface area (Å²) in [5, 5.41) is 2.78. The van der Waals surface area contributed by atoms with Crippen molar-refractivity contribution in [3.63, 3.8) is 0 Å². The molecule has 16 heavy (non-hydrogen) atoms. The van der Waals surface area contributed by atoms with Gasteiger partial charge in [0.2, 0.25) is 5.91 Å². The van der Waals surface area contributed by atoms with Crippen molar-refractivity contribution in [3.8, 4) is 0 Å². The molecule has 2 amide bonds. The average molecular weight is 218 g/mol. The van der Waals surface area contributed by atoms with E-state index in [-0.39, 0.29) is 11.8 Å². The quantitative estimate of drug-likeness (QED) is 0.805. The zero-order chi connectivity index (χ0) is 11.7. The predicted molar refractivity (Wildman–Crippen MR) is 61.1 cm³/mol. The molecule has 0 radical (unpaired) electrons. The Balaban J connectivity index is 2.29. The topological polar surface area (TPSA) is 72.2 Å². The van der Waals surface area contributed by atoms with Crippen molar-refractivity contribution < 1.29 is 9.59 Å². The number of hydrogen-bond acceptors (Lipinski definition) is 2. The summed E-state index contributed by atoms with van der Waals surface area (Å²) >= 11 is 0. The number of nitrogens with one attached hydrogen (secondary N) is 1. The van der Waals surface area contributed by atoms with Crippen molar-refractivity contribution in [2.45, 2.75) is 19.8 Å². The Morgan fingerprint density at radius 2 is 2.06 bits per heavy atom. The smallest absolute Gasteiger partial charge is 0.250 e. The lowest BCUT2D eigenvalue weighted by Gasteiger charge is -2.11. The van der Waals surface area contributed by atoms with E-state index in [1.54, 1.807) is 12.1 Å². The van der Waals surface area contributed by atoms with Crippen molar-refractivity contribution in [1.82, 2.24) is 0 Å². The van der Waals surface area contributed by atoms with Gasteiger partial charge < -0.3 is 11.1 Å². The zero-order valence-corrected chi connectivity index (χ0v) is 9.12. The Hall–Kier alpha value is -1.84. The summed E-state index contributed by atoms with van der Waals surface area (Å²) < 4.78 is 0. The first-order valence-electron chi connectivity index (χ1n) is 5.30. The monoisotopic (exact) mass is 218 g/mol. The van der Waals surface area contributed by atoms with Gasteiger partial charge in [0, 0.05) is 5.92 Å². The van der Waals surface area contributed by atoms with E-state index in [9.17, 15) is 9.59 Å². The van der Waals surface area contributed by atoms with Gasteiger partial charge in [-0.15, -0.1) is 0 Å². The van der Waals surface area contributed by atoms with Gasteiger partial charge in [-0.3, -0.25) is 9.59 Å². The number of anilines is 1. The largest absolute Gasteiger partial charge is 0.366 e. The van der Waals surface area contributed by atoms with Crippen LogP contribution >= 0.6 is 0 Å². The van der Waals surface area contributed by atoms with Gasteiger partial charge >= 0.3 is 0 Å². The molecule has 0 atom stereocenters. The number of rotatable bonds is 3. The summed E-state index contributed by atoms with van der Waals surface area (Å²) in [7, 11) is 0. The van der Waals surface area contributed by atoms with Gasteiger partial charge in [0.25, 0.3) is 5.91 Å². The summed E-state index contributed by atoms with van der Waals surface area (Å²) in [5.74, 6) is -0.424. The van der Waals surface area contributed by atoms with Crippen LogP contribution in [0.25, 0.3) is 0 Å². The maximum atomic E-state index is 11.6. The molecule has 1 aliphatic rings. The fourth-order valence-corrected chi connectivity index (χ4v) is 1.61. The van der Waals surface area contributed by atoms with E-state index in [1.807, 2.05) is 13.0 Å². The Kier molecular flexibility index (Phi) is 2.64. The van der Waals surface area contributed by atoms with E-state index in [0.717, 1.165) is 18.4 Å². The lowest BCUT2D eigenvalue weighted by atomic mass is 10.1. The maximum Gasteiger partial charge on any atom is 0.250 e. The Labute approximate surface area is 93.8 Å². The van der Waals surface area contributed by atoms with Gasteiger partial charge in [-0.1, -0.05) is 12.1 Å². The Morgan fingerprint density at radius 1 is 1.38 bits per heavy atom. The minimum Gasteiger partial charge on any atom is -0.366 e. The van der Waals surface area contributed by atoms with Crippen LogP contribution in [0.4, 0.5) is 5.69 Å². The van der Waals surface area contributed by atoms with E-state index in [2.05, 4.69) is 5.32 Å². The van der Waals surface area contributed by atoms with Crippen LogP contribution in [0.1, 0.15) is 28.8 Å². The normalized spacial score (nSPS) is 14.6. The number of hydrogen-bond donors (Lipinski definition) is 2. The maximum absolute atomic E-state index is 11.6. The molecule has 3 N–H and O–H groups in total. The molecule has 4 heteroatoms. The molecule has 1 aromatic carbocycles. The number of amides is 2. The minimum absolute atomic E-state index is 0.0169. The molecular formula is C12H14N2O2. The highest BCUT2D eigenvalue weighted by molar-refractivity contribution is 6.04. The Morgan fingerprint density at radius 3 is 2.62 bits per heavy atom. The van der Waals surface area contributed by atoms with Crippen LogP contribution in [-0.4, -0.2) is 11.8 Å².